The molecule has 5 aromatic rings. The quantitative estimate of drug-likeness (QED) is 0.378. The summed E-state index contributed by atoms with van der Waals surface area (Å²) in [4.78, 5) is 23.1. The molecule has 4 aromatic heterocycles. The van der Waals surface area contributed by atoms with Gasteiger partial charge in [-0.2, -0.15) is 5.10 Å². The summed E-state index contributed by atoms with van der Waals surface area (Å²) in [6.07, 6.45) is 6.84. The van der Waals surface area contributed by atoms with Crippen molar-refractivity contribution in [3.05, 3.63) is 66.4 Å². The van der Waals surface area contributed by atoms with Gasteiger partial charge in [0.05, 0.1) is 56.6 Å². The van der Waals surface area contributed by atoms with E-state index in [-0.39, 0.29) is 18.0 Å². The molecule has 178 valence electrons. The first-order chi connectivity index (χ1) is 17.0. The molecule has 1 aromatic carbocycles. The number of benzene rings is 1. The number of aromatic nitrogens is 7. The van der Waals surface area contributed by atoms with Crippen LogP contribution in [0.4, 0.5) is 15.9 Å². The molecule has 0 atom stereocenters. The van der Waals surface area contributed by atoms with Gasteiger partial charge in [-0.25, -0.2) is 19.3 Å². The van der Waals surface area contributed by atoms with Crippen LogP contribution in [0.25, 0.3) is 22.4 Å². The third-order valence-electron chi connectivity index (χ3n) is 5.65. The van der Waals surface area contributed by atoms with Gasteiger partial charge >= 0.3 is 0 Å². The van der Waals surface area contributed by atoms with Gasteiger partial charge in [0, 0.05) is 36.6 Å². The first kappa shape index (κ1) is 22.3. The predicted molar refractivity (Wildman–Crippen MR) is 128 cm³/mol. The van der Waals surface area contributed by atoms with Crippen LogP contribution in [0.1, 0.15) is 11.4 Å². The van der Waals surface area contributed by atoms with Gasteiger partial charge in [-0.3, -0.25) is 9.67 Å². The lowest BCUT2D eigenvalue weighted by atomic mass is 10.2. The van der Waals surface area contributed by atoms with Crippen LogP contribution in [0.2, 0.25) is 0 Å². The molecule has 10 nitrogen and oxygen atoms in total. The Morgan fingerprint density at radius 2 is 1.94 bits per heavy atom. The average Bonchev–Trinajstić information content (AvgIpc) is 3.50. The Hall–Kier alpha value is -4.54. The van der Waals surface area contributed by atoms with Crippen molar-refractivity contribution in [1.82, 2.24) is 34.7 Å². The van der Waals surface area contributed by atoms with Crippen LogP contribution < -0.4 is 14.4 Å². The minimum atomic E-state index is -0.543. The number of imidazole rings is 1. The molecule has 5 rings (SSSR count). The smallest absolute Gasteiger partial charge is 0.188 e. The number of anilines is 2. The largest absolute Gasteiger partial charge is 0.497 e. The minimum Gasteiger partial charge on any atom is -0.497 e. The van der Waals surface area contributed by atoms with Crippen molar-refractivity contribution in [3.63, 3.8) is 0 Å². The molecule has 0 saturated heterocycles. The van der Waals surface area contributed by atoms with Gasteiger partial charge in [-0.05, 0) is 19.1 Å². The zero-order valence-corrected chi connectivity index (χ0v) is 19.7. The molecule has 0 amide bonds. The van der Waals surface area contributed by atoms with Gasteiger partial charge < -0.3 is 19.4 Å². The van der Waals surface area contributed by atoms with E-state index in [1.807, 2.05) is 20.2 Å². The number of halogens is 1. The van der Waals surface area contributed by atoms with Crippen LogP contribution >= 0.6 is 0 Å². The highest BCUT2D eigenvalue weighted by Gasteiger charge is 2.22. The maximum Gasteiger partial charge on any atom is 0.188 e. The van der Waals surface area contributed by atoms with Gasteiger partial charge in [0.1, 0.15) is 17.1 Å². The standard InChI is InChI=1S/C24H23FN8O2/c1-14-19(28-13-27-14)12-33(20-7-16(34-3)8-21(35-4)23(20)25)22-6-5-17-24(31-22)30-18(10-26-17)15-9-29-32(2)11-15/h5-11,13H,12H2,1-4H3,(H,27,28). The topological polar surface area (TPSA) is 107 Å². The van der Waals surface area contributed by atoms with Crippen LogP contribution in [0.15, 0.2) is 49.2 Å². The second kappa shape index (κ2) is 9.01. The first-order valence-electron chi connectivity index (χ1n) is 10.8. The average molecular weight is 475 g/mol. The number of H-pyrrole nitrogens is 1. The minimum absolute atomic E-state index is 0.0579. The number of ether oxygens (including phenoxy) is 2. The van der Waals surface area contributed by atoms with Crippen molar-refractivity contribution >= 4 is 22.7 Å². The molecule has 0 aliphatic rings. The summed E-state index contributed by atoms with van der Waals surface area (Å²) >= 11 is 0. The fourth-order valence-corrected chi connectivity index (χ4v) is 3.74. The number of fused-ring (bicyclic) bond motifs is 1. The zero-order valence-electron chi connectivity index (χ0n) is 19.7. The van der Waals surface area contributed by atoms with E-state index >= 15 is 4.39 Å². The Morgan fingerprint density at radius 3 is 2.63 bits per heavy atom. The Bertz CT molecular complexity index is 1510. The molecule has 1 N–H and O–H groups in total. The summed E-state index contributed by atoms with van der Waals surface area (Å²) in [5.41, 5.74) is 4.32. The number of nitrogens with zero attached hydrogens (tertiary/aromatic N) is 7. The molecule has 0 unspecified atom stereocenters. The third kappa shape index (κ3) is 4.23. The molecule has 0 spiro atoms. The summed E-state index contributed by atoms with van der Waals surface area (Å²) in [6.45, 7) is 2.15. The second-order valence-electron chi connectivity index (χ2n) is 7.89. The maximum atomic E-state index is 15.5. The van der Waals surface area contributed by atoms with Gasteiger partial charge in [0.15, 0.2) is 17.2 Å². The third-order valence-corrected chi connectivity index (χ3v) is 5.65. The summed E-state index contributed by atoms with van der Waals surface area (Å²) in [6, 6.07) is 6.67. The lowest BCUT2D eigenvalue weighted by Crippen LogP contribution is -2.20. The molecule has 0 radical (unpaired) electrons. The molecular formula is C24H23FN8O2. The van der Waals surface area contributed by atoms with E-state index in [2.05, 4.69) is 25.0 Å². The molecule has 0 bridgehead atoms. The summed E-state index contributed by atoms with van der Waals surface area (Å²) in [7, 11) is 4.76. The highest BCUT2D eigenvalue weighted by Crippen LogP contribution is 2.37. The molecule has 4 heterocycles. The summed E-state index contributed by atoms with van der Waals surface area (Å²) < 4.78 is 27.9. The first-order valence-corrected chi connectivity index (χ1v) is 10.8. The van der Waals surface area contributed by atoms with Crippen molar-refractivity contribution in [2.75, 3.05) is 19.1 Å². The van der Waals surface area contributed by atoms with Crippen molar-refractivity contribution in [3.8, 4) is 22.8 Å². The monoisotopic (exact) mass is 474 g/mol. The van der Waals surface area contributed by atoms with Crippen LogP contribution in [-0.2, 0) is 13.6 Å². The van der Waals surface area contributed by atoms with Gasteiger partial charge in [0.25, 0.3) is 0 Å². The second-order valence-corrected chi connectivity index (χ2v) is 7.89. The van der Waals surface area contributed by atoms with Crippen molar-refractivity contribution in [1.29, 1.82) is 0 Å². The van der Waals surface area contributed by atoms with Gasteiger partial charge in [0.2, 0.25) is 0 Å². The fourth-order valence-electron chi connectivity index (χ4n) is 3.74. The zero-order chi connectivity index (χ0) is 24.5. The van der Waals surface area contributed by atoms with Crippen molar-refractivity contribution < 1.29 is 13.9 Å². The Balaban J connectivity index is 1.66. The molecule has 0 aliphatic carbocycles. The van der Waals surface area contributed by atoms with Crippen LogP contribution in [0.3, 0.4) is 0 Å². The lowest BCUT2D eigenvalue weighted by molar-refractivity contribution is 0.374. The number of hydrogen-bond acceptors (Lipinski definition) is 8. The highest BCUT2D eigenvalue weighted by atomic mass is 19.1. The number of rotatable bonds is 7. The van der Waals surface area contributed by atoms with Crippen LogP contribution in [0.5, 0.6) is 11.5 Å². The predicted octanol–water partition coefficient (Wildman–Crippen LogP) is 3.95. The molecule has 35 heavy (non-hydrogen) atoms. The SMILES string of the molecule is COc1cc(OC)c(F)c(N(Cc2nc[nH]c2C)c2ccc3ncc(-c4cnn(C)c4)nc3n2)c1. The Morgan fingerprint density at radius 1 is 1.09 bits per heavy atom. The number of aromatic amines is 1. The van der Waals surface area contributed by atoms with Crippen molar-refractivity contribution in [2.45, 2.75) is 13.5 Å². The normalized spacial score (nSPS) is 11.1. The number of nitrogens with one attached hydrogen (secondary N) is 1. The number of methoxy groups -OCH3 is 2. The van der Waals surface area contributed by atoms with E-state index in [4.69, 9.17) is 14.5 Å². The van der Waals surface area contributed by atoms with E-state index in [9.17, 15) is 0 Å². The Kier molecular flexibility index (Phi) is 5.73. The van der Waals surface area contributed by atoms with E-state index < -0.39 is 5.82 Å². The van der Waals surface area contributed by atoms with E-state index in [1.165, 1.54) is 20.3 Å². The summed E-state index contributed by atoms with van der Waals surface area (Å²) in [5.74, 6) is 0.425. The number of hydrogen-bond donors (Lipinski definition) is 1. The van der Waals surface area contributed by atoms with Crippen LogP contribution in [0, 0.1) is 12.7 Å². The fraction of sp³-hybridized carbons (Fsp3) is 0.208. The summed E-state index contributed by atoms with van der Waals surface area (Å²) in [5, 5.41) is 4.20. The lowest BCUT2D eigenvalue weighted by Gasteiger charge is -2.25. The molecule has 11 heteroatoms. The van der Waals surface area contributed by atoms with Crippen LogP contribution in [-0.4, -0.2) is 48.9 Å². The van der Waals surface area contributed by atoms with Crippen molar-refractivity contribution in [2.24, 2.45) is 7.05 Å². The molecule has 0 aliphatic heterocycles. The maximum absolute atomic E-state index is 15.5. The number of aryl methyl sites for hydroxylation is 2. The molecule has 0 fully saturated rings. The Labute approximate surface area is 200 Å². The van der Waals surface area contributed by atoms with E-state index in [0.717, 1.165) is 17.0 Å². The molecule has 0 saturated carbocycles. The van der Waals surface area contributed by atoms with Gasteiger partial charge in [-0.1, -0.05) is 0 Å². The van der Waals surface area contributed by atoms with Gasteiger partial charge in [-0.15, -0.1) is 0 Å². The number of pyridine rings is 1. The van der Waals surface area contributed by atoms with E-state index in [1.54, 1.807) is 46.5 Å². The highest BCUT2D eigenvalue weighted by molar-refractivity contribution is 5.77. The molecular weight excluding hydrogens is 451 g/mol. The van der Waals surface area contributed by atoms with E-state index in [0.29, 0.717) is 28.4 Å².